The highest BCUT2D eigenvalue weighted by Crippen LogP contribution is 2.30. The first kappa shape index (κ1) is 17.5. The van der Waals surface area contributed by atoms with E-state index in [4.69, 9.17) is 14.2 Å². The quantitative estimate of drug-likeness (QED) is 0.393. The molecule has 128 valence electrons. The van der Waals surface area contributed by atoms with Crippen LogP contribution in [0.1, 0.15) is 18.1 Å². The van der Waals surface area contributed by atoms with Crippen LogP contribution in [0.25, 0.3) is 6.08 Å². The molecule has 0 N–H and O–H groups in total. The maximum Gasteiger partial charge on any atom is 0.363 e. The highest BCUT2D eigenvalue weighted by Gasteiger charge is 2.25. The van der Waals surface area contributed by atoms with E-state index in [1.54, 1.807) is 19.3 Å². The Morgan fingerprint density at radius 1 is 1.20 bits per heavy atom. The minimum absolute atomic E-state index is 0.252. The SMILES string of the molecule is CCOc1cc(C=C2N=C(c3ccccc3I)OC2=O)ccc1OC. The van der Waals surface area contributed by atoms with Gasteiger partial charge in [-0.15, -0.1) is 0 Å². The lowest BCUT2D eigenvalue weighted by Crippen LogP contribution is -2.06. The molecule has 0 aromatic heterocycles. The molecule has 0 fully saturated rings. The van der Waals surface area contributed by atoms with Gasteiger partial charge in [0.2, 0.25) is 5.90 Å². The minimum atomic E-state index is -0.469. The summed E-state index contributed by atoms with van der Waals surface area (Å²) in [4.78, 5) is 16.5. The summed E-state index contributed by atoms with van der Waals surface area (Å²) in [6.07, 6.45) is 1.67. The fourth-order valence-corrected chi connectivity index (χ4v) is 2.99. The van der Waals surface area contributed by atoms with Gasteiger partial charge >= 0.3 is 5.97 Å². The van der Waals surface area contributed by atoms with Gasteiger partial charge in [-0.2, -0.15) is 0 Å². The van der Waals surface area contributed by atoms with E-state index < -0.39 is 5.97 Å². The van der Waals surface area contributed by atoms with Crippen molar-refractivity contribution in [2.24, 2.45) is 4.99 Å². The summed E-state index contributed by atoms with van der Waals surface area (Å²) in [6.45, 7) is 2.42. The van der Waals surface area contributed by atoms with Crippen LogP contribution in [0.15, 0.2) is 53.2 Å². The molecular weight excluding hydrogens is 433 g/mol. The van der Waals surface area contributed by atoms with Crippen molar-refractivity contribution >= 4 is 40.5 Å². The van der Waals surface area contributed by atoms with Crippen molar-refractivity contribution in [3.05, 3.63) is 62.9 Å². The Morgan fingerprint density at radius 3 is 2.72 bits per heavy atom. The number of halogens is 1. The molecule has 1 aliphatic heterocycles. The zero-order valence-corrected chi connectivity index (χ0v) is 15.9. The van der Waals surface area contributed by atoms with E-state index in [1.807, 2.05) is 43.3 Å². The standard InChI is InChI=1S/C19H16INO4/c1-3-24-17-11-12(8-9-16(17)23-2)10-15-19(22)25-18(21-15)13-6-4-5-7-14(13)20/h4-11H,3H2,1-2H3. The number of hydrogen-bond acceptors (Lipinski definition) is 5. The van der Waals surface area contributed by atoms with E-state index in [9.17, 15) is 4.79 Å². The van der Waals surface area contributed by atoms with Gasteiger partial charge in [0.25, 0.3) is 0 Å². The Hall–Kier alpha value is -2.35. The number of hydrogen-bond donors (Lipinski definition) is 0. The number of ether oxygens (including phenoxy) is 3. The lowest BCUT2D eigenvalue weighted by molar-refractivity contribution is -0.129. The first-order chi connectivity index (χ1) is 12.1. The van der Waals surface area contributed by atoms with Crippen molar-refractivity contribution in [2.45, 2.75) is 6.92 Å². The largest absolute Gasteiger partial charge is 0.493 e. The van der Waals surface area contributed by atoms with E-state index in [0.717, 1.165) is 14.7 Å². The number of aliphatic imine (C=N–C) groups is 1. The molecule has 0 radical (unpaired) electrons. The van der Waals surface area contributed by atoms with Crippen molar-refractivity contribution in [2.75, 3.05) is 13.7 Å². The molecule has 1 heterocycles. The number of carbonyl (C=O) groups is 1. The smallest absolute Gasteiger partial charge is 0.363 e. The van der Waals surface area contributed by atoms with Crippen molar-refractivity contribution in [3.8, 4) is 11.5 Å². The Bertz CT molecular complexity index is 873. The predicted octanol–water partition coefficient (Wildman–Crippen LogP) is 4.04. The summed E-state index contributed by atoms with van der Waals surface area (Å²) in [6, 6.07) is 13.1. The van der Waals surface area contributed by atoms with Gasteiger partial charge in [0.15, 0.2) is 17.2 Å². The molecule has 2 aromatic carbocycles. The van der Waals surface area contributed by atoms with Gasteiger partial charge in [-0.25, -0.2) is 9.79 Å². The molecule has 6 heteroatoms. The fourth-order valence-electron chi connectivity index (χ4n) is 2.37. The van der Waals surface area contributed by atoms with Gasteiger partial charge in [-0.3, -0.25) is 0 Å². The third-order valence-electron chi connectivity index (χ3n) is 3.52. The van der Waals surface area contributed by atoms with E-state index in [1.165, 1.54) is 0 Å². The summed E-state index contributed by atoms with van der Waals surface area (Å²) in [7, 11) is 1.59. The fraction of sp³-hybridized carbons (Fsp3) is 0.158. The zero-order valence-electron chi connectivity index (χ0n) is 13.8. The molecule has 1 aliphatic rings. The number of rotatable bonds is 5. The van der Waals surface area contributed by atoms with Crippen molar-refractivity contribution in [1.82, 2.24) is 0 Å². The molecule has 3 rings (SSSR count). The Morgan fingerprint density at radius 2 is 2.00 bits per heavy atom. The highest BCUT2D eigenvalue weighted by atomic mass is 127. The van der Waals surface area contributed by atoms with Crippen molar-refractivity contribution < 1.29 is 19.0 Å². The van der Waals surface area contributed by atoms with Gasteiger partial charge in [-0.05, 0) is 65.4 Å². The number of methoxy groups -OCH3 is 1. The first-order valence-corrected chi connectivity index (χ1v) is 8.78. The lowest BCUT2D eigenvalue weighted by Gasteiger charge is -2.09. The number of esters is 1. The summed E-state index contributed by atoms with van der Waals surface area (Å²) < 4.78 is 17.1. The maximum atomic E-state index is 12.1. The Labute approximate surface area is 159 Å². The second-order valence-corrected chi connectivity index (χ2v) is 6.32. The van der Waals surface area contributed by atoms with E-state index in [-0.39, 0.29) is 5.70 Å². The Kier molecular flexibility index (Phi) is 5.37. The van der Waals surface area contributed by atoms with Crippen LogP contribution in [0.2, 0.25) is 0 Å². The molecule has 0 atom stereocenters. The molecular formula is C19H16INO4. The van der Waals surface area contributed by atoms with E-state index in [2.05, 4.69) is 27.6 Å². The van der Waals surface area contributed by atoms with Gasteiger partial charge in [0.05, 0.1) is 19.3 Å². The summed E-state index contributed by atoms with van der Waals surface area (Å²) in [5.41, 5.74) is 1.83. The average Bonchev–Trinajstić information content (AvgIpc) is 2.96. The van der Waals surface area contributed by atoms with Crippen LogP contribution in [0.4, 0.5) is 0 Å². The second-order valence-electron chi connectivity index (χ2n) is 5.16. The molecule has 2 aromatic rings. The van der Waals surface area contributed by atoms with Gasteiger partial charge in [0.1, 0.15) is 0 Å². The number of nitrogens with zero attached hydrogens (tertiary/aromatic N) is 1. The maximum absolute atomic E-state index is 12.1. The third-order valence-corrected chi connectivity index (χ3v) is 4.46. The topological polar surface area (TPSA) is 57.1 Å². The molecule has 0 aliphatic carbocycles. The normalized spacial score (nSPS) is 15.1. The van der Waals surface area contributed by atoms with Crippen molar-refractivity contribution in [3.63, 3.8) is 0 Å². The van der Waals surface area contributed by atoms with E-state index >= 15 is 0 Å². The summed E-state index contributed by atoms with van der Waals surface area (Å²) in [5, 5.41) is 0. The lowest BCUT2D eigenvalue weighted by atomic mass is 10.1. The van der Waals surface area contributed by atoms with Crippen molar-refractivity contribution in [1.29, 1.82) is 0 Å². The summed E-state index contributed by atoms with van der Waals surface area (Å²) >= 11 is 2.19. The molecule has 0 unspecified atom stereocenters. The van der Waals surface area contributed by atoms with Gasteiger partial charge in [-0.1, -0.05) is 18.2 Å². The molecule has 0 bridgehead atoms. The first-order valence-electron chi connectivity index (χ1n) is 7.70. The monoisotopic (exact) mass is 449 g/mol. The molecule has 25 heavy (non-hydrogen) atoms. The van der Waals surface area contributed by atoms with Crippen LogP contribution in [0.5, 0.6) is 11.5 Å². The zero-order chi connectivity index (χ0) is 17.8. The van der Waals surface area contributed by atoms with Crippen LogP contribution >= 0.6 is 22.6 Å². The third kappa shape index (κ3) is 3.84. The van der Waals surface area contributed by atoms with Crippen LogP contribution in [0.3, 0.4) is 0 Å². The average molecular weight is 449 g/mol. The van der Waals surface area contributed by atoms with Crippen LogP contribution in [-0.2, 0) is 9.53 Å². The number of benzene rings is 2. The second kappa shape index (κ2) is 7.69. The predicted molar refractivity (Wildman–Crippen MR) is 104 cm³/mol. The summed E-state index contributed by atoms with van der Waals surface area (Å²) in [5.74, 6) is 1.11. The Balaban J connectivity index is 1.94. The molecule has 0 saturated carbocycles. The molecule has 0 amide bonds. The minimum Gasteiger partial charge on any atom is -0.493 e. The molecule has 0 saturated heterocycles. The number of carbonyl (C=O) groups excluding carboxylic acids is 1. The molecule has 5 nitrogen and oxygen atoms in total. The van der Waals surface area contributed by atoms with Crippen LogP contribution < -0.4 is 9.47 Å². The van der Waals surface area contributed by atoms with Crippen LogP contribution in [-0.4, -0.2) is 25.6 Å². The van der Waals surface area contributed by atoms with Crippen LogP contribution in [0, 0.1) is 3.57 Å². The van der Waals surface area contributed by atoms with Gasteiger partial charge < -0.3 is 14.2 Å². The number of cyclic esters (lactones) is 1. The van der Waals surface area contributed by atoms with E-state index in [0.29, 0.717) is 24.0 Å². The van der Waals surface area contributed by atoms with Gasteiger partial charge in [0, 0.05) is 3.57 Å². The molecule has 0 spiro atoms. The highest BCUT2D eigenvalue weighted by molar-refractivity contribution is 14.1.